The first-order valence-corrected chi connectivity index (χ1v) is 10.1. The van der Waals surface area contributed by atoms with E-state index in [1.54, 1.807) is 12.4 Å². The molecule has 1 heterocycles. The number of nitriles is 1. The van der Waals surface area contributed by atoms with E-state index in [9.17, 15) is 9.18 Å². The van der Waals surface area contributed by atoms with Gasteiger partial charge in [-0.15, -0.1) is 0 Å². The summed E-state index contributed by atoms with van der Waals surface area (Å²) < 4.78 is 21.4. The van der Waals surface area contributed by atoms with E-state index in [2.05, 4.69) is 20.9 Å². The second-order valence-electron chi connectivity index (χ2n) is 8.61. The summed E-state index contributed by atoms with van der Waals surface area (Å²) in [6, 6.07) is 6.88. The molecule has 4 fully saturated rings. The largest absolute Gasteiger partial charge is 0.368 e. The number of imidazole rings is 1. The van der Waals surface area contributed by atoms with Crippen LogP contribution in [-0.4, -0.2) is 33.7 Å². The van der Waals surface area contributed by atoms with Crippen molar-refractivity contribution in [3.05, 3.63) is 41.6 Å². The molecule has 2 bridgehead atoms. The lowest BCUT2D eigenvalue weighted by atomic mass is 9.44. The van der Waals surface area contributed by atoms with E-state index < -0.39 is 5.82 Å². The van der Waals surface area contributed by atoms with Gasteiger partial charge in [-0.25, -0.2) is 9.37 Å². The van der Waals surface area contributed by atoms with Gasteiger partial charge in [-0.1, -0.05) is 17.7 Å². The lowest BCUT2D eigenvalue weighted by Gasteiger charge is -2.70. The first kappa shape index (κ1) is 18.6. The van der Waals surface area contributed by atoms with E-state index in [1.165, 1.54) is 12.1 Å². The Kier molecular flexibility index (Phi) is 4.19. The second-order valence-corrected chi connectivity index (χ2v) is 9.02. The van der Waals surface area contributed by atoms with E-state index >= 15 is 0 Å². The second kappa shape index (κ2) is 6.54. The highest BCUT2D eigenvalue weighted by Gasteiger charge is 2.69. The summed E-state index contributed by atoms with van der Waals surface area (Å²) in [5.41, 5.74) is 1.23. The SMILES string of the molecule is N#C[C@H]1C[C@H](OCC(=O)NC23CC(n4cnc(-c5ccc(Cl)c(F)c5)c4)(C2)C3)C1. The molecule has 0 saturated heterocycles. The van der Waals surface area contributed by atoms with Crippen LogP contribution < -0.4 is 5.32 Å². The minimum absolute atomic E-state index is 0.0155. The molecule has 0 aliphatic heterocycles. The average Bonchev–Trinajstić information content (AvgIpc) is 3.08. The predicted molar refractivity (Wildman–Crippen MR) is 103 cm³/mol. The van der Waals surface area contributed by atoms with Gasteiger partial charge in [0.15, 0.2) is 0 Å². The first-order chi connectivity index (χ1) is 13.9. The first-order valence-electron chi connectivity index (χ1n) is 9.73. The van der Waals surface area contributed by atoms with Crippen LogP contribution in [-0.2, 0) is 15.1 Å². The van der Waals surface area contributed by atoms with E-state index in [0.717, 1.165) is 32.1 Å². The predicted octanol–water partition coefficient (Wildman–Crippen LogP) is 3.41. The molecule has 6 rings (SSSR count). The summed E-state index contributed by atoms with van der Waals surface area (Å²) in [5, 5.41) is 12.0. The number of amides is 1. The molecule has 1 amide bonds. The molecule has 6 nitrogen and oxygen atoms in total. The van der Waals surface area contributed by atoms with Crippen molar-refractivity contribution in [1.82, 2.24) is 14.9 Å². The van der Waals surface area contributed by atoms with Crippen molar-refractivity contribution in [3.63, 3.8) is 0 Å². The number of nitrogens with one attached hydrogen (secondary N) is 1. The lowest BCUT2D eigenvalue weighted by Crippen LogP contribution is -2.78. The van der Waals surface area contributed by atoms with Crippen LogP contribution in [0.5, 0.6) is 0 Å². The molecule has 29 heavy (non-hydrogen) atoms. The van der Waals surface area contributed by atoms with Gasteiger partial charge in [0, 0.05) is 17.3 Å². The van der Waals surface area contributed by atoms with Crippen molar-refractivity contribution in [3.8, 4) is 17.3 Å². The number of rotatable bonds is 6. The monoisotopic (exact) mass is 414 g/mol. The Morgan fingerprint density at radius 2 is 2.17 bits per heavy atom. The molecule has 1 aromatic carbocycles. The number of carbonyl (C=O) groups is 1. The van der Waals surface area contributed by atoms with Gasteiger partial charge in [0.1, 0.15) is 12.4 Å². The van der Waals surface area contributed by atoms with Crippen LogP contribution in [0.15, 0.2) is 30.7 Å². The van der Waals surface area contributed by atoms with Gasteiger partial charge in [-0.2, -0.15) is 5.26 Å². The molecular formula is C21H20ClFN4O2. The van der Waals surface area contributed by atoms with Crippen molar-refractivity contribution in [2.24, 2.45) is 5.92 Å². The lowest BCUT2D eigenvalue weighted by molar-refractivity contribution is -0.160. The molecule has 150 valence electrons. The molecule has 4 aliphatic rings. The standard InChI is InChI=1S/C21H20ClFN4O2/c22-16-2-1-14(5-17(16)23)18-7-27(12-25-18)21-9-20(10-21,11-21)26-19(28)8-29-15-3-13(4-15)6-24/h1-2,5,7,12-13,15H,3-4,8-11H2,(H,26,28)/t13-,15-,20?,21?. The van der Waals surface area contributed by atoms with E-state index in [1.807, 2.05) is 6.20 Å². The van der Waals surface area contributed by atoms with Crippen molar-refractivity contribution < 1.29 is 13.9 Å². The zero-order valence-corrected chi connectivity index (χ0v) is 16.5. The van der Waals surface area contributed by atoms with Gasteiger partial charge in [0.05, 0.1) is 40.7 Å². The molecule has 0 atom stereocenters. The summed E-state index contributed by atoms with van der Waals surface area (Å²) in [7, 11) is 0. The highest BCUT2D eigenvalue weighted by Crippen LogP contribution is 2.65. The van der Waals surface area contributed by atoms with Crippen LogP contribution in [0.4, 0.5) is 4.39 Å². The van der Waals surface area contributed by atoms with Gasteiger partial charge in [-0.3, -0.25) is 4.79 Å². The van der Waals surface area contributed by atoms with Gasteiger partial charge >= 0.3 is 0 Å². The molecular weight excluding hydrogens is 395 g/mol. The van der Waals surface area contributed by atoms with Gasteiger partial charge in [0.2, 0.25) is 5.91 Å². The number of ether oxygens (including phenoxy) is 1. The Labute approximate surface area is 172 Å². The van der Waals surface area contributed by atoms with Crippen LogP contribution in [0, 0.1) is 23.1 Å². The maximum atomic E-state index is 13.7. The van der Waals surface area contributed by atoms with Crippen molar-refractivity contribution in [2.75, 3.05) is 6.61 Å². The maximum Gasteiger partial charge on any atom is 0.246 e. The van der Waals surface area contributed by atoms with Crippen LogP contribution in [0.1, 0.15) is 32.1 Å². The molecule has 0 spiro atoms. The fourth-order valence-electron chi connectivity index (χ4n) is 4.86. The number of carbonyl (C=O) groups excluding carboxylic acids is 1. The van der Waals surface area contributed by atoms with Crippen LogP contribution in [0.3, 0.4) is 0 Å². The molecule has 1 N–H and O–H groups in total. The molecule has 0 radical (unpaired) electrons. The minimum atomic E-state index is -0.460. The van der Waals surface area contributed by atoms with Crippen molar-refractivity contribution in [2.45, 2.75) is 49.3 Å². The average molecular weight is 415 g/mol. The number of benzene rings is 1. The summed E-state index contributed by atoms with van der Waals surface area (Å²) in [4.78, 5) is 16.6. The Bertz CT molecular complexity index is 1000. The highest BCUT2D eigenvalue weighted by molar-refractivity contribution is 6.30. The zero-order chi connectivity index (χ0) is 20.2. The van der Waals surface area contributed by atoms with Gasteiger partial charge in [-0.05, 0) is 44.2 Å². The van der Waals surface area contributed by atoms with Crippen molar-refractivity contribution in [1.29, 1.82) is 5.26 Å². The number of hydrogen-bond acceptors (Lipinski definition) is 4. The Balaban J connectivity index is 1.14. The number of halogens is 2. The molecule has 1 aromatic heterocycles. The van der Waals surface area contributed by atoms with E-state index in [-0.39, 0.29) is 40.6 Å². The fraction of sp³-hybridized carbons (Fsp3) is 0.476. The normalized spacial score (nSPS) is 31.8. The third-order valence-electron chi connectivity index (χ3n) is 6.48. The summed E-state index contributed by atoms with van der Waals surface area (Å²) in [6.45, 7) is 0.0505. The molecule has 4 aliphatic carbocycles. The van der Waals surface area contributed by atoms with Crippen LogP contribution in [0.2, 0.25) is 5.02 Å². The van der Waals surface area contributed by atoms with Crippen LogP contribution >= 0.6 is 11.6 Å². The Hall–Kier alpha value is -2.43. The molecule has 2 aromatic rings. The summed E-state index contributed by atoms with van der Waals surface area (Å²) in [5.74, 6) is -0.482. The number of aromatic nitrogens is 2. The topological polar surface area (TPSA) is 79.9 Å². The third kappa shape index (κ3) is 3.11. The Morgan fingerprint density at radius 3 is 2.86 bits per heavy atom. The summed E-state index contributed by atoms with van der Waals surface area (Å²) in [6.07, 6.45) is 7.75. The van der Waals surface area contributed by atoms with Crippen molar-refractivity contribution >= 4 is 17.5 Å². The maximum absolute atomic E-state index is 13.7. The number of hydrogen-bond donors (Lipinski definition) is 1. The number of nitrogens with zero attached hydrogens (tertiary/aromatic N) is 3. The quantitative estimate of drug-likeness (QED) is 0.785. The highest BCUT2D eigenvalue weighted by atomic mass is 35.5. The van der Waals surface area contributed by atoms with E-state index in [0.29, 0.717) is 11.3 Å². The summed E-state index contributed by atoms with van der Waals surface area (Å²) >= 11 is 5.75. The molecule has 0 unspecified atom stereocenters. The smallest absolute Gasteiger partial charge is 0.246 e. The Morgan fingerprint density at radius 1 is 1.41 bits per heavy atom. The molecule has 8 heteroatoms. The fourth-order valence-corrected chi connectivity index (χ4v) is 4.98. The van der Waals surface area contributed by atoms with Crippen LogP contribution in [0.25, 0.3) is 11.3 Å². The van der Waals surface area contributed by atoms with Gasteiger partial charge in [0.25, 0.3) is 0 Å². The van der Waals surface area contributed by atoms with Gasteiger partial charge < -0.3 is 14.6 Å². The minimum Gasteiger partial charge on any atom is -0.368 e. The molecule has 4 saturated carbocycles. The van der Waals surface area contributed by atoms with E-state index in [4.69, 9.17) is 21.6 Å². The third-order valence-corrected chi connectivity index (χ3v) is 6.79. The zero-order valence-electron chi connectivity index (χ0n) is 15.7.